The number of amides is 1. The van der Waals surface area contributed by atoms with Crippen molar-refractivity contribution in [1.29, 1.82) is 0 Å². The van der Waals surface area contributed by atoms with Crippen LogP contribution in [0.4, 0.5) is 0 Å². The molecule has 0 aliphatic carbocycles. The summed E-state index contributed by atoms with van der Waals surface area (Å²) < 4.78 is 0. The van der Waals surface area contributed by atoms with Gasteiger partial charge in [-0.15, -0.1) is 24.0 Å². The van der Waals surface area contributed by atoms with Gasteiger partial charge in [0, 0.05) is 45.8 Å². The Labute approximate surface area is 198 Å². The Morgan fingerprint density at radius 2 is 1.77 bits per heavy atom. The van der Waals surface area contributed by atoms with Crippen LogP contribution in [0.3, 0.4) is 0 Å². The van der Waals surface area contributed by atoms with Gasteiger partial charge in [-0.2, -0.15) is 0 Å². The summed E-state index contributed by atoms with van der Waals surface area (Å²) in [5.74, 6) is 0.655. The molecule has 0 aromatic heterocycles. The topological polar surface area (TPSA) is 80.2 Å². The van der Waals surface area contributed by atoms with E-state index in [9.17, 15) is 9.90 Å². The van der Waals surface area contributed by atoms with E-state index in [1.807, 2.05) is 32.7 Å². The number of aliphatic imine (C=N–C) groups is 1. The molecule has 2 rings (SSSR count). The number of nitrogens with one attached hydrogen (secondary N) is 2. The highest BCUT2D eigenvalue weighted by atomic mass is 127. The van der Waals surface area contributed by atoms with Crippen LogP contribution in [0.2, 0.25) is 0 Å². The molecule has 170 valence electrons. The SMILES string of the molecule is CN=C(NCc1ccc(CN2CCC(O)CC2)cc1)N(C)CC(=O)NC(C)(C)C.I. The maximum atomic E-state index is 12.1. The van der Waals surface area contributed by atoms with Gasteiger partial charge in [-0.1, -0.05) is 24.3 Å². The highest BCUT2D eigenvalue weighted by Gasteiger charge is 2.18. The van der Waals surface area contributed by atoms with E-state index >= 15 is 0 Å². The summed E-state index contributed by atoms with van der Waals surface area (Å²) in [5.41, 5.74) is 2.20. The number of likely N-dealkylation sites (tertiary alicyclic amines) is 1. The lowest BCUT2D eigenvalue weighted by molar-refractivity contribution is -0.122. The number of hydrogen-bond acceptors (Lipinski definition) is 4. The standard InChI is InChI=1S/C22H37N5O2.HI/c1-22(2,3)25-20(29)16-26(5)21(23-4)24-14-17-6-8-18(9-7-17)15-27-12-10-19(28)11-13-27;/h6-9,19,28H,10-16H2,1-5H3,(H,23,24)(H,25,29);1H. The first-order valence-corrected chi connectivity index (χ1v) is 10.4. The Balaban J connectivity index is 0.00000450. The number of hydrogen-bond donors (Lipinski definition) is 3. The highest BCUT2D eigenvalue weighted by molar-refractivity contribution is 14.0. The molecule has 1 fully saturated rings. The second kappa shape index (κ2) is 12.5. The summed E-state index contributed by atoms with van der Waals surface area (Å²) in [6, 6.07) is 8.57. The van der Waals surface area contributed by atoms with Crippen LogP contribution in [-0.2, 0) is 17.9 Å². The van der Waals surface area contributed by atoms with Gasteiger partial charge >= 0.3 is 0 Å². The summed E-state index contributed by atoms with van der Waals surface area (Å²) in [7, 11) is 3.58. The Morgan fingerprint density at radius 3 is 2.30 bits per heavy atom. The third-order valence-electron chi connectivity index (χ3n) is 4.91. The molecule has 8 heteroatoms. The fourth-order valence-electron chi connectivity index (χ4n) is 3.41. The van der Waals surface area contributed by atoms with Gasteiger partial charge in [0.15, 0.2) is 5.96 Å². The molecule has 30 heavy (non-hydrogen) atoms. The van der Waals surface area contributed by atoms with Crippen LogP contribution in [0, 0.1) is 0 Å². The minimum atomic E-state index is -0.245. The first kappa shape index (κ1) is 26.6. The lowest BCUT2D eigenvalue weighted by Crippen LogP contribution is -2.48. The number of carbonyl (C=O) groups is 1. The molecule has 3 N–H and O–H groups in total. The van der Waals surface area contributed by atoms with Crippen molar-refractivity contribution in [3.8, 4) is 0 Å². The van der Waals surface area contributed by atoms with Gasteiger partial charge in [-0.3, -0.25) is 14.7 Å². The van der Waals surface area contributed by atoms with Crippen LogP contribution in [-0.4, -0.2) is 72.1 Å². The van der Waals surface area contributed by atoms with Crippen LogP contribution in [0.1, 0.15) is 44.7 Å². The largest absolute Gasteiger partial charge is 0.393 e. The molecule has 0 spiro atoms. The van der Waals surface area contributed by atoms with Gasteiger partial charge in [0.25, 0.3) is 0 Å². The van der Waals surface area contributed by atoms with Crippen molar-refractivity contribution >= 4 is 35.8 Å². The molecular weight excluding hydrogens is 493 g/mol. The Kier molecular flexibility index (Phi) is 11.1. The number of aliphatic hydroxyl groups excluding tert-OH is 1. The van der Waals surface area contributed by atoms with E-state index in [2.05, 4.69) is 44.8 Å². The zero-order valence-corrected chi connectivity index (χ0v) is 21.3. The number of nitrogens with zero attached hydrogens (tertiary/aromatic N) is 3. The number of benzene rings is 1. The molecule has 1 heterocycles. The van der Waals surface area contributed by atoms with E-state index in [4.69, 9.17) is 0 Å². The average Bonchev–Trinajstić information content (AvgIpc) is 2.64. The first-order valence-electron chi connectivity index (χ1n) is 10.4. The fraction of sp³-hybridized carbons (Fsp3) is 0.636. The van der Waals surface area contributed by atoms with E-state index in [1.54, 1.807) is 7.05 Å². The van der Waals surface area contributed by atoms with Crippen LogP contribution < -0.4 is 10.6 Å². The van der Waals surface area contributed by atoms with Crippen molar-refractivity contribution in [1.82, 2.24) is 20.4 Å². The molecule has 0 radical (unpaired) electrons. The first-order chi connectivity index (χ1) is 13.7. The van der Waals surface area contributed by atoms with Crippen LogP contribution in [0.25, 0.3) is 0 Å². The van der Waals surface area contributed by atoms with Crippen LogP contribution in [0.15, 0.2) is 29.3 Å². The van der Waals surface area contributed by atoms with E-state index in [0.29, 0.717) is 12.5 Å². The second-order valence-electron chi connectivity index (χ2n) is 8.88. The predicted molar refractivity (Wildman–Crippen MR) is 133 cm³/mol. The number of carbonyl (C=O) groups excluding carboxylic acids is 1. The zero-order chi connectivity index (χ0) is 21.4. The van der Waals surface area contributed by atoms with Crippen molar-refractivity contribution in [3.05, 3.63) is 35.4 Å². The second-order valence-corrected chi connectivity index (χ2v) is 8.88. The smallest absolute Gasteiger partial charge is 0.240 e. The van der Waals surface area contributed by atoms with Crippen molar-refractivity contribution in [2.75, 3.05) is 33.7 Å². The average molecular weight is 531 g/mol. The molecule has 0 unspecified atom stereocenters. The fourth-order valence-corrected chi connectivity index (χ4v) is 3.41. The summed E-state index contributed by atoms with van der Waals surface area (Å²) in [5, 5.41) is 15.9. The Bertz CT molecular complexity index is 680. The van der Waals surface area contributed by atoms with E-state index < -0.39 is 0 Å². The van der Waals surface area contributed by atoms with Crippen molar-refractivity contribution < 1.29 is 9.90 Å². The summed E-state index contributed by atoms with van der Waals surface area (Å²) in [4.78, 5) is 20.6. The van der Waals surface area contributed by atoms with Crippen molar-refractivity contribution in [2.24, 2.45) is 4.99 Å². The van der Waals surface area contributed by atoms with E-state index in [0.717, 1.165) is 38.0 Å². The normalized spacial score (nSPS) is 16.0. The molecular formula is C22H38IN5O2. The molecule has 7 nitrogen and oxygen atoms in total. The number of rotatable bonds is 6. The number of guanidine groups is 1. The summed E-state index contributed by atoms with van der Waals surface area (Å²) in [6.07, 6.45) is 1.59. The molecule has 1 aliphatic rings. The minimum Gasteiger partial charge on any atom is -0.393 e. The van der Waals surface area contributed by atoms with E-state index in [1.165, 1.54) is 5.56 Å². The molecule has 1 aliphatic heterocycles. The van der Waals surface area contributed by atoms with Crippen molar-refractivity contribution in [2.45, 2.75) is 58.3 Å². The number of aliphatic hydroxyl groups is 1. The molecule has 0 atom stereocenters. The lowest BCUT2D eigenvalue weighted by atomic mass is 10.1. The van der Waals surface area contributed by atoms with Crippen LogP contribution in [0.5, 0.6) is 0 Å². The summed E-state index contributed by atoms with van der Waals surface area (Å²) in [6.45, 7) is 9.64. The third kappa shape index (κ3) is 9.61. The molecule has 1 amide bonds. The minimum absolute atomic E-state index is 0. The van der Waals surface area contributed by atoms with E-state index in [-0.39, 0.29) is 48.1 Å². The van der Waals surface area contributed by atoms with Gasteiger partial charge in [0.05, 0.1) is 12.6 Å². The predicted octanol–water partition coefficient (Wildman–Crippen LogP) is 2.18. The zero-order valence-electron chi connectivity index (χ0n) is 18.9. The molecule has 0 bridgehead atoms. The molecule has 1 aromatic carbocycles. The van der Waals surface area contributed by atoms with Gasteiger partial charge in [-0.05, 0) is 44.7 Å². The van der Waals surface area contributed by atoms with Crippen molar-refractivity contribution in [3.63, 3.8) is 0 Å². The van der Waals surface area contributed by atoms with Gasteiger partial charge in [0.2, 0.25) is 5.91 Å². The van der Waals surface area contributed by atoms with Gasteiger partial charge in [-0.25, -0.2) is 0 Å². The van der Waals surface area contributed by atoms with Crippen LogP contribution >= 0.6 is 24.0 Å². The maximum Gasteiger partial charge on any atom is 0.240 e. The summed E-state index contributed by atoms with van der Waals surface area (Å²) >= 11 is 0. The Morgan fingerprint density at radius 1 is 1.20 bits per heavy atom. The molecule has 1 aromatic rings. The quantitative estimate of drug-likeness (QED) is 0.298. The Hall–Kier alpha value is -1.39. The highest BCUT2D eigenvalue weighted by Crippen LogP contribution is 2.14. The molecule has 1 saturated heterocycles. The van der Waals surface area contributed by atoms with Gasteiger partial charge in [0.1, 0.15) is 0 Å². The molecule has 0 saturated carbocycles. The third-order valence-corrected chi connectivity index (χ3v) is 4.91. The number of halogens is 1. The number of piperidine rings is 1. The number of likely N-dealkylation sites (N-methyl/N-ethyl adjacent to an activating group) is 1. The lowest BCUT2D eigenvalue weighted by Gasteiger charge is -2.29. The monoisotopic (exact) mass is 531 g/mol. The maximum absolute atomic E-state index is 12.1. The van der Waals surface area contributed by atoms with Gasteiger partial charge < -0.3 is 20.6 Å².